The first-order valence-electron chi connectivity index (χ1n) is 10.8. The second kappa shape index (κ2) is 14.9. The molecule has 0 radical (unpaired) electrons. The van der Waals surface area contributed by atoms with Gasteiger partial charge in [0.15, 0.2) is 0 Å². The van der Waals surface area contributed by atoms with Crippen molar-refractivity contribution in [3.63, 3.8) is 0 Å². The van der Waals surface area contributed by atoms with Gasteiger partial charge in [-0.25, -0.2) is 0 Å². The van der Waals surface area contributed by atoms with Crippen LogP contribution in [0.5, 0.6) is 0 Å². The van der Waals surface area contributed by atoms with Gasteiger partial charge in [0.05, 0.1) is 14.7 Å². The molecule has 8 heteroatoms. The third kappa shape index (κ3) is 10.2. The predicted molar refractivity (Wildman–Crippen MR) is 129 cm³/mol. The first-order valence-corrected chi connectivity index (χ1v) is 12.8. The molecular weight excluding hydrogens is 432 g/mol. The van der Waals surface area contributed by atoms with E-state index in [0.717, 1.165) is 27.7 Å². The van der Waals surface area contributed by atoms with Gasteiger partial charge in [-0.05, 0) is 42.5 Å². The number of nitro benzene ring substituents is 2. The highest BCUT2D eigenvalue weighted by Gasteiger charge is 2.12. The van der Waals surface area contributed by atoms with E-state index in [9.17, 15) is 20.2 Å². The summed E-state index contributed by atoms with van der Waals surface area (Å²) in [6.45, 7) is 0. The maximum atomic E-state index is 11.0. The first-order chi connectivity index (χ1) is 15.1. The molecule has 0 aliphatic heterocycles. The molecule has 0 spiro atoms. The monoisotopic (exact) mass is 462 g/mol. The molecule has 0 aliphatic carbocycles. The number of unbranched alkanes of at least 4 members (excludes halogenated alkanes) is 8. The summed E-state index contributed by atoms with van der Waals surface area (Å²) in [5.74, 6) is 1.98. The van der Waals surface area contributed by atoms with Gasteiger partial charge < -0.3 is 0 Å². The summed E-state index contributed by atoms with van der Waals surface area (Å²) in [5, 5.41) is 21.7. The van der Waals surface area contributed by atoms with Crippen LogP contribution in [0.25, 0.3) is 0 Å². The van der Waals surface area contributed by atoms with Crippen LogP contribution in [-0.2, 0) is 0 Å². The van der Waals surface area contributed by atoms with E-state index in [0.29, 0.717) is 0 Å². The number of thioether (sulfide) groups is 2. The molecule has 0 aromatic heterocycles. The number of benzene rings is 2. The minimum atomic E-state index is -0.369. The fourth-order valence-corrected chi connectivity index (χ4v) is 5.15. The number of hydrogen-bond acceptors (Lipinski definition) is 6. The van der Waals surface area contributed by atoms with E-state index in [1.165, 1.54) is 51.4 Å². The molecule has 0 N–H and O–H groups in total. The minimum absolute atomic E-state index is 0.142. The highest BCUT2D eigenvalue weighted by molar-refractivity contribution is 7.99. The average Bonchev–Trinajstić information content (AvgIpc) is 2.77. The quantitative estimate of drug-likeness (QED) is 0.109. The molecule has 0 atom stereocenters. The van der Waals surface area contributed by atoms with E-state index in [-0.39, 0.29) is 21.2 Å². The standard InChI is InChI=1S/C23H30N2O4S2/c26-24(27)20-14-16-21(17-15-20)30-18-10-6-4-2-1-3-5-7-11-19-31-23-13-9-8-12-22(23)25(28)29/h8-9,12-17H,1-7,10-11,18-19H2. The summed E-state index contributed by atoms with van der Waals surface area (Å²) in [6, 6.07) is 13.7. The zero-order valence-corrected chi connectivity index (χ0v) is 19.4. The van der Waals surface area contributed by atoms with Crippen molar-refractivity contribution in [2.24, 2.45) is 0 Å². The van der Waals surface area contributed by atoms with Crippen LogP contribution in [0.3, 0.4) is 0 Å². The molecule has 6 nitrogen and oxygen atoms in total. The van der Waals surface area contributed by atoms with Gasteiger partial charge >= 0.3 is 0 Å². The maximum absolute atomic E-state index is 11.0. The molecule has 0 saturated heterocycles. The van der Waals surface area contributed by atoms with Gasteiger partial charge in [0, 0.05) is 23.1 Å². The second-order valence-electron chi connectivity index (χ2n) is 7.35. The Kier molecular flexibility index (Phi) is 12.1. The van der Waals surface area contributed by atoms with E-state index in [1.54, 1.807) is 47.8 Å². The lowest BCUT2D eigenvalue weighted by Crippen LogP contribution is -1.91. The molecule has 2 aromatic rings. The van der Waals surface area contributed by atoms with Crippen LogP contribution in [-0.4, -0.2) is 21.4 Å². The van der Waals surface area contributed by atoms with E-state index in [4.69, 9.17) is 0 Å². The highest BCUT2D eigenvalue weighted by atomic mass is 32.2. The summed E-state index contributed by atoms with van der Waals surface area (Å²) in [6.07, 6.45) is 11.0. The van der Waals surface area contributed by atoms with Gasteiger partial charge in [-0.3, -0.25) is 20.2 Å². The van der Waals surface area contributed by atoms with Crippen LogP contribution in [0.1, 0.15) is 57.8 Å². The molecule has 2 aromatic carbocycles. The number of rotatable bonds is 16. The number of nitrogens with zero attached hydrogens (tertiary/aromatic N) is 2. The van der Waals surface area contributed by atoms with Crippen LogP contribution in [0.15, 0.2) is 58.3 Å². The maximum Gasteiger partial charge on any atom is 0.282 e. The molecule has 0 unspecified atom stereocenters. The Labute approximate surface area is 192 Å². The smallest absolute Gasteiger partial charge is 0.258 e. The van der Waals surface area contributed by atoms with E-state index in [2.05, 4.69) is 0 Å². The van der Waals surface area contributed by atoms with Crippen molar-refractivity contribution in [2.45, 2.75) is 67.6 Å². The molecule has 168 valence electrons. The van der Waals surface area contributed by atoms with Crippen LogP contribution in [0.2, 0.25) is 0 Å². The van der Waals surface area contributed by atoms with Gasteiger partial charge in [0.25, 0.3) is 11.4 Å². The summed E-state index contributed by atoms with van der Waals surface area (Å²) < 4.78 is 0. The number of para-hydroxylation sites is 1. The highest BCUT2D eigenvalue weighted by Crippen LogP contribution is 2.29. The summed E-state index contributed by atoms with van der Waals surface area (Å²) in [5.41, 5.74) is 0.349. The summed E-state index contributed by atoms with van der Waals surface area (Å²) >= 11 is 3.34. The Morgan fingerprint density at radius 1 is 0.613 bits per heavy atom. The Hall–Kier alpha value is -2.06. The Bertz CT molecular complexity index is 815. The lowest BCUT2D eigenvalue weighted by molar-refractivity contribution is -0.387. The third-order valence-electron chi connectivity index (χ3n) is 4.92. The van der Waals surface area contributed by atoms with Crippen LogP contribution < -0.4 is 0 Å². The average molecular weight is 463 g/mol. The number of hydrogen-bond donors (Lipinski definition) is 0. The fraction of sp³-hybridized carbons (Fsp3) is 0.478. The van der Waals surface area contributed by atoms with Crippen molar-refractivity contribution in [3.8, 4) is 0 Å². The van der Waals surface area contributed by atoms with Crippen molar-refractivity contribution in [2.75, 3.05) is 11.5 Å². The Morgan fingerprint density at radius 2 is 1.13 bits per heavy atom. The normalized spacial score (nSPS) is 10.8. The van der Waals surface area contributed by atoms with Crippen LogP contribution in [0, 0.1) is 20.2 Å². The van der Waals surface area contributed by atoms with Gasteiger partial charge in [-0.15, -0.1) is 23.5 Å². The third-order valence-corrected chi connectivity index (χ3v) is 7.17. The SMILES string of the molecule is O=[N+]([O-])c1ccc(SCCCCCCCCCCCSc2ccccc2[N+](=O)[O-])cc1. The van der Waals surface area contributed by atoms with Crippen molar-refractivity contribution < 1.29 is 9.85 Å². The fourth-order valence-electron chi connectivity index (χ4n) is 3.21. The number of non-ortho nitro benzene ring substituents is 1. The van der Waals surface area contributed by atoms with Gasteiger partial charge in [0.2, 0.25) is 0 Å². The van der Waals surface area contributed by atoms with Crippen molar-refractivity contribution in [1.29, 1.82) is 0 Å². The van der Waals surface area contributed by atoms with E-state index < -0.39 is 0 Å². The molecule has 0 amide bonds. The molecule has 0 aliphatic rings. The largest absolute Gasteiger partial charge is 0.282 e. The molecular formula is C23H30N2O4S2. The Balaban J connectivity index is 1.40. The first kappa shape index (κ1) is 25.2. The van der Waals surface area contributed by atoms with Gasteiger partial charge in [0.1, 0.15) is 0 Å². The minimum Gasteiger partial charge on any atom is -0.258 e. The zero-order valence-electron chi connectivity index (χ0n) is 17.7. The molecule has 2 rings (SSSR count). The summed E-state index contributed by atoms with van der Waals surface area (Å²) in [7, 11) is 0. The van der Waals surface area contributed by atoms with E-state index in [1.807, 2.05) is 24.3 Å². The molecule has 0 bridgehead atoms. The lowest BCUT2D eigenvalue weighted by Gasteiger charge is -2.04. The molecule has 31 heavy (non-hydrogen) atoms. The lowest BCUT2D eigenvalue weighted by atomic mass is 10.1. The molecule has 0 heterocycles. The van der Waals surface area contributed by atoms with Gasteiger partial charge in [-0.1, -0.05) is 57.1 Å². The van der Waals surface area contributed by atoms with E-state index >= 15 is 0 Å². The summed E-state index contributed by atoms with van der Waals surface area (Å²) in [4.78, 5) is 22.8. The topological polar surface area (TPSA) is 86.3 Å². The van der Waals surface area contributed by atoms with Crippen LogP contribution in [0.4, 0.5) is 11.4 Å². The van der Waals surface area contributed by atoms with Crippen molar-refractivity contribution >= 4 is 34.9 Å². The zero-order chi connectivity index (χ0) is 22.3. The molecule has 0 saturated carbocycles. The number of nitro groups is 2. The van der Waals surface area contributed by atoms with Crippen LogP contribution >= 0.6 is 23.5 Å². The second-order valence-corrected chi connectivity index (χ2v) is 9.66. The Morgan fingerprint density at radius 3 is 1.68 bits per heavy atom. The van der Waals surface area contributed by atoms with Gasteiger partial charge in [-0.2, -0.15) is 0 Å². The molecule has 0 fully saturated rings. The van der Waals surface area contributed by atoms with Crippen molar-refractivity contribution in [3.05, 3.63) is 68.8 Å². The van der Waals surface area contributed by atoms with Crippen molar-refractivity contribution in [1.82, 2.24) is 0 Å². The predicted octanol–water partition coefficient (Wildman–Crippen LogP) is 7.90.